The van der Waals surface area contributed by atoms with Gasteiger partial charge in [-0.15, -0.1) is 0 Å². The van der Waals surface area contributed by atoms with Crippen LogP contribution in [0.4, 0.5) is 29.3 Å². The number of aryl methyl sites for hydroxylation is 1. The molecule has 2 aromatic heterocycles. The van der Waals surface area contributed by atoms with Crippen molar-refractivity contribution in [3.8, 4) is 0 Å². The van der Waals surface area contributed by atoms with Crippen molar-refractivity contribution in [2.24, 2.45) is 0 Å². The molecule has 0 radical (unpaired) electrons. The number of nitrogens with zero attached hydrogens (tertiary/aromatic N) is 5. The third-order valence-corrected chi connectivity index (χ3v) is 6.44. The molecule has 1 saturated heterocycles. The zero-order valence-electron chi connectivity index (χ0n) is 18.5. The Morgan fingerprint density at radius 1 is 1.29 bits per heavy atom. The maximum absolute atomic E-state index is 14.0. The lowest BCUT2D eigenvalue weighted by atomic mass is 10.0. The zero-order chi connectivity index (χ0) is 24.9. The van der Waals surface area contributed by atoms with Gasteiger partial charge in [-0.25, -0.2) is 14.3 Å². The highest BCUT2D eigenvalue weighted by Gasteiger charge is 2.47. The van der Waals surface area contributed by atoms with Crippen molar-refractivity contribution < 1.29 is 22.8 Å². The van der Waals surface area contributed by atoms with Crippen LogP contribution in [-0.2, 0) is 11.2 Å². The largest absolute Gasteiger partial charge is 0.413 e. The van der Waals surface area contributed by atoms with Crippen LogP contribution in [0.1, 0.15) is 23.7 Å². The third kappa shape index (κ3) is 4.22. The number of anilines is 2. The van der Waals surface area contributed by atoms with Crippen LogP contribution in [0.15, 0.2) is 36.5 Å². The monoisotopic (exact) mass is 507 g/mol. The molecule has 1 fully saturated rings. The van der Waals surface area contributed by atoms with Crippen LogP contribution in [-0.4, -0.2) is 63.8 Å². The molecule has 13 heteroatoms. The molecule has 0 aliphatic carbocycles. The fourth-order valence-corrected chi connectivity index (χ4v) is 4.82. The number of nitrogens with one attached hydrogen (secondary N) is 2. The molecule has 2 N–H and O–H groups in total. The van der Waals surface area contributed by atoms with Crippen LogP contribution >= 0.6 is 11.6 Å². The first-order valence-electron chi connectivity index (χ1n) is 10.9. The Kier molecular flexibility index (Phi) is 5.70. The number of amides is 3. The van der Waals surface area contributed by atoms with Gasteiger partial charge >= 0.3 is 12.2 Å². The molecule has 2 aliphatic rings. The third-order valence-electron chi connectivity index (χ3n) is 6.25. The lowest BCUT2D eigenvalue weighted by Gasteiger charge is -2.33. The van der Waals surface area contributed by atoms with E-state index in [2.05, 4.69) is 20.7 Å². The van der Waals surface area contributed by atoms with Crippen molar-refractivity contribution >= 4 is 40.6 Å². The maximum Gasteiger partial charge on any atom is 0.413 e. The number of carbonyl (C=O) groups is 2. The summed E-state index contributed by atoms with van der Waals surface area (Å²) in [6.45, 7) is 0.590. The van der Waals surface area contributed by atoms with Crippen molar-refractivity contribution in [1.29, 1.82) is 0 Å². The molecule has 0 saturated carbocycles. The molecule has 2 atom stereocenters. The Morgan fingerprint density at radius 2 is 2.03 bits per heavy atom. The highest BCUT2D eigenvalue weighted by Crippen LogP contribution is 2.39. The molecule has 2 aliphatic heterocycles. The molecule has 0 unspecified atom stereocenters. The number of hydrogen-bond acceptors (Lipinski definition) is 5. The number of carbonyl (C=O) groups excluding carboxylic acids is 2. The second-order valence-electron chi connectivity index (χ2n) is 8.47. The molecule has 1 aromatic carbocycles. The molecule has 3 amide bonds. The van der Waals surface area contributed by atoms with Crippen LogP contribution in [0.5, 0.6) is 0 Å². The highest BCUT2D eigenvalue weighted by molar-refractivity contribution is 6.29. The normalized spacial score (nSPS) is 18.7. The summed E-state index contributed by atoms with van der Waals surface area (Å²) in [5.41, 5.74) is 2.96. The topological polar surface area (TPSA) is 94.9 Å². The van der Waals surface area contributed by atoms with E-state index >= 15 is 0 Å². The zero-order valence-corrected chi connectivity index (χ0v) is 19.3. The molecular weight excluding hydrogens is 487 g/mol. The van der Waals surface area contributed by atoms with Crippen LogP contribution in [0.3, 0.4) is 0 Å². The summed E-state index contributed by atoms with van der Waals surface area (Å²) in [6.07, 6.45) is -1.43. The average molecular weight is 508 g/mol. The van der Waals surface area contributed by atoms with Crippen LogP contribution in [0, 0.1) is 0 Å². The Bertz CT molecular complexity index is 1290. The molecule has 184 valence electrons. The van der Waals surface area contributed by atoms with Crippen molar-refractivity contribution in [3.63, 3.8) is 0 Å². The van der Waals surface area contributed by atoms with E-state index in [0.717, 1.165) is 31.3 Å². The van der Waals surface area contributed by atoms with Gasteiger partial charge in [0.25, 0.3) is 0 Å². The van der Waals surface area contributed by atoms with E-state index in [4.69, 9.17) is 11.6 Å². The number of likely N-dealkylation sites (N-methyl/N-ethyl adjacent to an activating group) is 1. The van der Waals surface area contributed by atoms with Gasteiger partial charge in [-0.1, -0.05) is 23.7 Å². The molecule has 35 heavy (non-hydrogen) atoms. The molecule has 5 rings (SSSR count). The van der Waals surface area contributed by atoms with Gasteiger partial charge in [-0.3, -0.25) is 4.79 Å². The first kappa shape index (κ1) is 23.2. The number of aromatic nitrogens is 3. The van der Waals surface area contributed by atoms with E-state index in [0.29, 0.717) is 27.9 Å². The smallest absolute Gasteiger partial charge is 0.339 e. The van der Waals surface area contributed by atoms with E-state index in [1.807, 2.05) is 4.90 Å². The number of alkyl halides is 3. The summed E-state index contributed by atoms with van der Waals surface area (Å²) in [6, 6.07) is 3.79. The van der Waals surface area contributed by atoms with Gasteiger partial charge in [0.15, 0.2) is 16.8 Å². The first-order chi connectivity index (χ1) is 16.6. The van der Waals surface area contributed by atoms with E-state index in [9.17, 15) is 22.8 Å². The summed E-state index contributed by atoms with van der Waals surface area (Å²) in [7, 11) is 1.09. The molecule has 4 heterocycles. The summed E-state index contributed by atoms with van der Waals surface area (Å²) < 4.78 is 43.8. The maximum atomic E-state index is 14.0. The SMILES string of the molecule is CN(C(=O)[C@@H]1CNC(=O)N1)[C@@H](c1ccc(N2CCCc3c2cnc2cc(Cl)nn32)cc1)C(F)(F)F. The van der Waals surface area contributed by atoms with Gasteiger partial charge in [0, 0.05) is 31.9 Å². The Morgan fingerprint density at radius 3 is 2.69 bits per heavy atom. The summed E-state index contributed by atoms with van der Waals surface area (Å²) in [5.74, 6) is -0.826. The molecule has 3 aromatic rings. The van der Waals surface area contributed by atoms with Crippen molar-refractivity contribution in [1.82, 2.24) is 30.1 Å². The van der Waals surface area contributed by atoms with E-state index in [1.165, 1.54) is 12.1 Å². The van der Waals surface area contributed by atoms with Gasteiger partial charge in [-0.2, -0.15) is 18.3 Å². The quantitative estimate of drug-likeness (QED) is 0.565. The Balaban J connectivity index is 1.44. The second-order valence-corrected chi connectivity index (χ2v) is 8.86. The fraction of sp³-hybridized carbons (Fsp3) is 0.364. The van der Waals surface area contributed by atoms with E-state index < -0.39 is 30.2 Å². The van der Waals surface area contributed by atoms with Crippen molar-refractivity contribution in [2.45, 2.75) is 31.1 Å². The Hall–Kier alpha value is -3.54. The minimum absolute atomic E-state index is 0.0668. The number of urea groups is 1. The Labute approximate surface area is 202 Å². The van der Waals surface area contributed by atoms with Gasteiger partial charge in [0.05, 0.1) is 17.6 Å². The van der Waals surface area contributed by atoms with E-state index in [1.54, 1.807) is 28.9 Å². The minimum Gasteiger partial charge on any atom is -0.339 e. The van der Waals surface area contributed by atoms with Crippen molar-refractivity contribution in [2.75, 3.05) is 25.0 Å². The lowest BCUT2D eigenvalue weighted by molar-refractivity contribution is -0.189. The van der Waals surface area contributed by atoms with E-state index in [-0.39, 0.29) is 12.1 Å². The summed E-state index contributed by atoms with van der Waals surface area (Å²) in [4.78, 5) is 31.0. The van der Waals surface area contributed by atoms with Gasteiger partial charge < -0.3 is 20.4 Å². The highest BCUT2D eigenvalue weighted by atomic mass is 35.5. The molecule has 9 nitrogen and oxygen atoms in total. The molecular formula is C22H21ClF3N7O2. The minimum atomic E-state index is -4.71. The van der Waals surface area contributed by atoms with Crippen LogP contribution in [0.2, 0.25) is 5.15 Å². The second kappa shape index (κ2) is 8.59. The van der Waals surface area contributed by atoms with Crippen LogP contribution < -0.4 is 15.5 Å². The number of benzene rings is 1. The predicted molar refractivity (Wildman–Crippen MR) is 122 cm³/mol. The molecule has 0 spiro atoms. The average Bonchev–Trinajstić information content (AvgIpc) is 3.42. The summed E-state index contributed by atoms with van der Waals surface area (Å²) >= 11 is 6.03. The van der Waals surface area contributed by atoms with Gasteiger partial charge in [0.1, 0.15) is 6.04 Å². The lowest BCUT2D eigenvalue weighted by Crippen LogP contribution is -2.48. The molecule has 0 bridgehead atoms. The first-order valence-corrected chi connectivity index (χ1v) is 11.3. The summed E-state index contributed by atoms with van der Waals surface area (Å²) in [5, 5.41) is 9.34. The number of halogens is 4. The number of rotatable bonds is 4. The number of hydrogen-bond donors (Lipinski definition) is 2. The predicted octanol–water partition coefficient (Wildman–Crippen LogP) is 3.21. The number of fused-ring (bicyclic) bond motifs is 3. The van der Waals surface area contributed by atoms with Gasteiger partial charge in [-0.05, 0) is 30.5 Å². The van der Waals surface area contributed by atoms with Crippen LogP contribution in [0.25, 0.3) is 5.65 Å². The van der Waals surface area contributed by atoms with Gasteiger partial charge in [0.2, 0.25) is 5.91 Å². The fourth-order valence-electron chi connectivity index (χ4n) is 4.64. The standard InChI is InChI=1S/C22H21ClF3N7O2/c1-31(20(34)14-10-28-21(35)29-14)19(22(24,25)26)12-4-6-13(7-5-12)32-8-2-3-15-16(32)11-27-18-9-17(23)30-33(15)18/h4-7,9,11,14,19H,2-3,8,10H2,1H3,(H2,28,29,35)/t14-,19-/m0/s1. The van der Waals surface area contributed by atoms with Crippen molar-refractivity contribution in [3.05, 3.63) is 52.9 Å².